The fourth-order valence-electron chi connectivity index (χ4n) is 3.60. The van der Waals surface area contributed by atoms with Crippen LogP contribution >= 0.6 is 11.6 Å². The molecule has 2 atom stereocenters. The van der Waals surface area contributed by atoms with E-state index in [9.17, 15) is 23.1 Å². The monoisotopic (exact) mass is 466 g/mol. The van der Waals surface area contributed by atoms with Crippen LogP contribution in [0.4, 0.5) is 24.7 Å². The highest BCUT2D eigenvalue weighted by molar-refractivity contribution is 6.31. The van der Waals surface area contributed by atoms with Crippen molar-refractivity contribution in [1.82, 2.24) is 9.78 Å². The van der Waals surface area contributed by atoms with Gasteiger partial charge in [-0.1, -0.05) is 23.7 Å². The predicted octanol–water partition coefficient (Wildman–Crippen LogP) is 5.16. The number of nitrogens with one attached hydrogen (secondary N) is 2. The van der Waals surface area contributed by atoms with E-state index in [1.54, 1.807) is 24.3 Å². The van der Waals surface area contributed by atoms with Crippen molar-refractivity contribution in [2.75, 3.05) is 17.7 Å². The molecule has 1 amide bonds. The van der Waals surface area contributed by atoms with Crippen molar-refractivity contribution in [3.63, 3.8) is 0 Å². The summed E-state index contributed by atoms with van der Waals surface area (Å²) in [4.78, 5) is 12.9. The molecule has 7 nitrogen and oxygen atoms in total. The first-order valence-corrected chi connectivity index (χ1v) is 9.89. The Morgan fingerprint density at radius 3 is 2.81 bits per heavy atom. The summed E-state index contributed by atoms with van der Waals surface area (Å²) < 4.78 is 47.5. The van der Waals surface area contributed by atoms with E-state index in [-0.39, 0.29) is 34.3 Å². The first-order valence-electron chi connectivity index (χ1n) is 9.52. The molecule has 0 fully saturated rings. The third-order valence-electron chi connectivity index (χ3n) is 5.19. The second kappa shape index (κ2) is 8.27. The maximum atomic E-state index is 13.8. The van der Waals surface area contributed by atoms with E-state index >= 15 is 0 Å². The number of alkyl halides is 3. The van der Waals surface area contributed by atoms with Gasteiger partial charge in [-0.2, -0.15) is 18.3 Å². The van der Waals surface area contributed by atoms with Crippen molar-refractivity contribution in [2.24, 2.45) is 0 Å². The molecule has 0 aliphatic carbocycles. The molecule has 1 aliphatic rings. The molecule has 2 heterocycles. The van der Waals surface area contributed by atoms with Crippen LogP contribution in [0.2, 0.25) is 5.02 Å². The molecular formula is C21H18ClF3N4O3. The number of carbonyl (C=O) groups excluding carboxylic acids is 1. The van der Waals surface area contributed by atoms with Crippen molar-refractivity contribution in [2.45, 2.75) is 24.7 Å². The van der Waals surface area contributed by atoms with Crippen LogP contribution in [-0.4, -0.2) is 34.1 Å². The second-order valence-electron chi connectivity index (χ2n) is 7.23. The molecule has 4 rings (SSSR count). The Labute approximate surface area is 185 Å². The minimum absolute atomic E-state index is 0.0231. The predicted molar refractivity (Wildman–Crippen MR) is 112 cm³/mol. The molecule has 0 spiro atoms. The number of methoxy groups -OCH3 is 1. The minimum atomic E-state index is -4.58. The van der Waals surface area contributed by atoms with E-state index in [4.69, 9.17) is 16.3 Å². The molecule has 0 unspecified atom stereocenters. The fraction of sp³-hybridized carbons (Fsp3) is 0.238. The molecule has 3 aromatic rings. The van der Waals surface area contributed by atoms with Crippen LogP contribution in [-0.2, 0) is 0 Å². The lowest BCUT2D eigenvalue weighted by Gasteiger charge is -2.34. The lowest BCUT2D eigenvalue weighted by molar-refractivity contribution is -0.173. The summed E-state index contributed by atoms with van der Waals surface area (Å²) >= 11 is 5.90. The zero-order valence-electron chi connectivity index (χ0n) is 16.7. The van der Waals surface area contributed by atoms with Gasteiger partial charge in [-0.3, -0.25) is 4.79 Å². The number of phenolic OH excluding ortho intramolecular Hbond substituents is 1. The summed E-state index contributed by atoms with van der Waals surface area (Å²) in [6.07, 6.45) is -3.84. The molecule has 1 aromatic heterocycles. The number of anilines is 2. The summed E-state index contributed by atoms with van der Waals surface area (Å²) in [5, 5.41) is 19.5. The molecule has 11 heteroatoms. The number of rotatable bonds is 4. The smallest absolute Gasteiger partial charge is 0.410 e. The number of ether oxygens (including phenoxy) is 1. The maximum Gasteiger partial charge on any atom is 0.410 e. The van der Waals surface area contributed by atoms with Gasteiger partial charge in [-0.25, -0.2) is 4.68 Å². The minimum Gasteiger partial charge on any atom is -0.506 e. The summed E-state index contributed by atoms with van der Waals surface area (Å²) in [6, 6.07) is 8.07. The molecule has 168 valence electrons. The number of aromatic nitrogens is 2. The van der Waals surface area contributed by atoms with Crippen LogP contribution in [0.15, 0.2) is 48.7 Å². The van der Waals surface area contributed by atoms with Gasteiger partial charge in [0, 0.05) is 11.4 Å². The number of benzene rings is 2. The molecule has 3 N–H and O–H groups in total. The maximum absolute atomic E-state index is 13.8. The Balaban J connectivity index is 1.71. The summed E-state index contributed by atoms with van der Waals surface area (Å²) in [7, 11) is 1.47. The van der Waals surface area contributed by atoms with Gasteiger partial charge in [0.1, 0.15) is 22.9 Å². The highest BCUT2D eigenvalue weighted by atomic mass is 35.5. The van der Waals surface area contributed by atoms with Crippen LogP contribution in [0.3, 0.4) is 0 Å². The topological polar surface area (TPSA) is 88.4 Å². The van der Waals surface area contributed by atoms with E-state index in [0.717, 1.165) is 10.9 Å². The molecular weight excluding hydrogens is 449 g/mol. The SMILES string of the molecule is COc1cccc([C@H]2C[C@@H](C(F)(F)F)n3ncc(C(=O)Nc4cc(Cl)ccc4O)c3N2)c1. The first kappa shape index (κ1) is 21.8. The number of carbonyl (C=O) groups is 1. The highest BCUT2D eigenvalue weighted by Gasteiger charge is 2.47. The van der Waals surface area contributed by atoms with Gasteiger partial charge in [0.05, 0.1) is 25.0 Å². The Morgan fingerprint density at radius 2 is 2.09 bits per heavy atom. The summed E-state index contributed by atoms with van der Waals surface area (Å²) in [6.45, 7) is 0. The fourth-order valence-corrected chi connectivity index (χ4v) is 3.78. The van der Waals surface area contributed by atoms with Crippen LogP contribution < -0.4 is 15.4 Å². The molecule has 0 saturated heterocycles. The standard InChI is InChI=1S/C21H18ClF3N4O3/c1-32-13-4-2-3-11(7-13)15-9-18(21(23,24)25)29-19(27-15)14(10-26-29)20(31)28-16-8-12(22)5-6-17(16)30/h2-8,10,15,18,27,30H,9H2,1H3,(H,28,31)/t15-,18+/m1/s1. The summed E-state index contributed by atoms with van der Waals surface area (Å²) in [5.41, 5.74) is 0.492. The Hall–Kier alpha value is -3.40. The molecule has 32 heavy (non-hydrogen) atoms. The Kier molecular flexibility index (Phi) is 5.64. The van der Waals surface area contributed by atoms with Crippen molar-refractivity contribution in [3.8, 4) is 11.5 Å². The van der Waals surface area contributed by atoms with E-state index in [2.05, 4.69) is 15.7 Å². The number of hydrogen-bond acceptors (Lipinski definition) is 5. The molecule has 2 aromatic carbocycles. The number of amides is 1. The van der Waals surface area contributed by atoms with E-state index in [1.165, 1.54) is 25.3 Å². The lowest BCUT2D eigenvalue weighted by atomic mass is 9.96. The lowest BCUT2D eigenvalue weighted by Crippen LogP contribution is -2.36. The summed E-state index contributed by atoms with van der Waals surface area (Å²) in [5.74, 6) is -0.561. The van der Waals surface area contributed by atoms with Crippen molar-refractivity contribution >= 4 is 29.0 Å². The van der Waals surface area contributed by atoms with E-state index in [0.29, 0.717) is 11.3 Å². The quantitative estimate of drug-likeness (QED) is 0.462. The third-order valence-corrected chi connectivity index (χ3v) is 5.42. The zero-order valence-corrected chi connectivity index (χ0v) is 17.4. The van der Waals surface area contributed by atoms with Crippen LogP contribution in [0.1, 0.15) is 34.4 Å². The van der Waals surface area contributed by atoms with Gasteiger partial charge in [-0.05, 0) is 35.9 Å². The zero-order chi connectivity index (χ0) is 23.0. The largest absolute Gasteiger partial charge is 0.506 e. The normalized spacial score (nSPS) is 17.9. The van der Waals surface area contributed by atoms with Gasteiger partial charge < -0.3 is 20.5 Å². The van der Waals surface area contributed by atoms with E-state index in [1.807, 2.05) is 0 Å². The van der Waals surface area contributed by atoms with Crippen molar-refractivity contribution in [3.05, 3.63) is 64.8 Å². The highest BCUT2D eigenvalue weighted by Crippen LogP contribution is 2.44. The number of phenols is 1. The van der Waals surface area contributed by atoms with Gasteiger partial charge in [0.25, 0.3) is 5.91 Å². The number of fused-ring (bicyclic) bond motifs is 1. The molecule has 0 saturated carbocycles. The molecule has 0 radical (unpaired) electrons. The number of halogens is 4. The average Bonchev–Trinajstić information content (AvgIpc) is 3.19. The number of nitrogens with zero attached hydrogens (tertiary/aromatic N) is 2. The van der Waals surface area contributed by atoms with Crippen molar-refractivity contribution < 1.29 is 27.8 Å². The van der Waals surface area contributed by atoms with Crippen LogP contribution in [0.25, 0.3) is 0 Å². The van der Waals surface area contributed by atoms with Crippen LogP contribution in [0.5, 0.6) is 11.5 Å². The van der Waals surface area contributed by atoms with Gasteiger partial charge in [0.2, 0.25) is 0 Å². The van der Waals surface area contributed by atoms with Crippen molar-refractivity contribution in [1.29, 1.82) is 0 Å². The molecule has 0 bridgehead atoms. The number of hydrogen-bond donors (Lipinski definition) is 3. The molecule has 1 aliphatic heterocycles. The van der Waals surface area contributed by atoms with Gasteiger partial charge in [0.15, 0.2) is 6.04 Å². The Bertz CT molecular complexity index is 1170. The van der Waals surface area contributed by atoms with Gasteiger partial charge >= 0.3 is 6.18 Å². The second-order valence-corrected chi connectivity index (χ2v) is 7.67. The Morgan fingerprint density at radius 1 is 1.31 bits per heavy atom. The number of aromatic hydroxyl groups is 1. The average molecular weight is 467 g/mol. The first-order chi connectivity index (χ1) is 15.2. The van der Waals surface area contributed by atoms with Gasteiger partial charge in [-0.15, -0.1) is 0 Å². The third kappa shape index (κ3) is 4.18. The van der Waals surface area contributed by atoms with Crippen LogP contribution in [0, 0.1) is 0 Å². The van der Waals surface area contributed by atoms with E-state index < -0.39 is 24.2 Å².